The molecule has 8 heteroatoms. The van der Waals surface area contributed by atoms with E-state index in [4.69, 9.17) is 0 Å². The number of rotatable bonds is 7. The first kappa shape index (κ1) is 26.2. The van der Waals surface area contributed by atoms with Gasteiger partial charge in [0, 0.05) is 31.7 Å². The lowest BCUT2D eigenvalue weighted by molar-refractivity contribution is 0.258. The third-order valence-electron chi connectivity index (χ3n) is 5.18. The molecular formula is C21H37IN4O2S. The lowest BCUT2D eigenvalue weighted by atomic mass is 10.2. The summed E-state index contributed by atoms with van der Waals surface area (Å²) in [6.07, 6.45) is 1.04. The molecule has 1 saturated heterocycles. The standard InChI is InChI=1S/C21H36N4O2S.HI/c1-6-22-20(23-12-13-28(26,27)21(3,4)5)24-19-14-17(2)25(16-19)15-18-10-8-7-9-11-18;/h7-11,17,19H,6,12-16H2,1-5H3,(H2,22,23,24);1H. The number of halogens is 1. The highest BCUT2D eigenvalue weighted by Crippen LogP contribution is 2.20. The average Bonchev–Trinajstić information content (AvgIpc) is 2.94. The summed E-state index contributed by atoms with van der Waals surface area (Å²) in [5.41, 5.74) is 1.32. The van der Waals surface area contributed by atoms with E-state index in [-0.39, 0.29) is 36.3 Å². The molecule has 0 aliphatic carbocycles. The van der Waals surface area contributed by atoms with Crippen molar-refractivity contribution in [2.24, 2.45) is 4.99 Å². The van der Waals surface area contributed by atoms with Gasteiger partial charge in [0.1, 0.15) is 0 Å². The van der Waals surface area contributed by atoms with Crippen LogP contribution < -0.4 is 10.6 Å². The predicted molar refractivity (Wildman–Crippen MR) is 133 cm³/mol. The molecule has 1 fully saturated rings. The van der Waals surface area contributed by atoms with E-state index in [9.17, 15) is 8.42 Å². The molecule has 2 rings (SSSR count). The average molecular weight is 537 g/mol. The second-order valence-electron chi connectivity index (χ2n) is 8.53. The number of sulfone groups is 1. The van der Waals surface area contributed by atoms with E-state index in [2.05, 4.69) is 51.7 Å². The number of likely N-dealkylation sites (tertiary alicyclic amines) is 1. The van der Waals surface area contributed by atoms with Gasteiger partial charge in [-0.15, -0.1) is 24.0 Å². The Labute approximate surface area is 193 Å². The van der Waals surface area contributed by atoms with Gasteiger partial charge in [0.15, 0.2) is 15.8 Å². The number of aliphatic imine (C=N–C) groups is 1. The van der Waals surface area contributed by atoms with Gasteiger partial charge >= 0.3 is 0 Å². The monoisotopic (exact) mass is 536 g/mol. The van der Waals surface area contributed by atoms with Gasteiger partial charge in [0.05, 0.1) is 17.0 Å². The summed E-state index contributed by atoms with van der Waals surface area (Å²) < 4.78 is 23.8. The third kappa shape index (κ3) is 8.05. The molecule has 0 spiro atoms. The summed E-state index contributed by atoms with van der Waals surface area (Å²) in [5, 5.41) is 6.73. The third-order valence-corrected chi connectivity index (χ3v) is 7.77. The molecule has 6 nitrogen and oxygen atoms in total. The normalized spacial score (nSPS) is 20.9. The van der Waals surface area contributed by atoms with Gasteiger partial charge in [-0.05, 0) is 46.6 Å². The van der Waals surface area contributed by atoms with Crippen LogP contribution in [0, 0.1) is 0 Å². The fourth-order valence-electron chi connectivity index (χ4n) is 3.34. The van der Waals surface area contributed by atoms with Gasteiger partial charge in [-0.1, -0.05) is 30.3 Å². The van der Waals surface area contributed by atoms with Crippen molar-refractivity contribution in [2.75, 3.05) is 25.4 Å². The Morgan fingerprint density at radius 2 is 1.90 bits per heavy atom. The molecule has 1 aliphatic rings. The molecule has 1 heterocycles. The number of hydrogen-bond donors (Lipinski definition) is 2. The van der Waals surface area contributed by atoms with Crippen LogP contribution >= 0.6 is 24.0 Å². The summed E-state index contributed by atoms with van der Waals surface area (Å²) in [6.45, 7) is 12.4. The Bertz CT molecular complexity index is 748. The van der Waals surface area contributed by atoms with E-state index in [0.29, 0.717) is 18.0 Å². The zero-order valence-corrected chi connectivity index (χ0v) is 21.5. The van der Waals surface area contributed by atoms with Crippen LogP contribution in [0.15, 0.2) is 35.3 Å². The van der Waals surface area contributed by atoms with Crippen LogP contribution in [-0.4, -0.2) is 61.5 Å². The SMILES string of the molecule is CCNC(=NCCS(=O)(=O)C(C)(C)C)NC1CC(C)N(Cc2ccccc2)C1.I. The highest BCUT2D eigenvalue weighted by atomic mass is 127. The lowest BCUT2D eigenvalue weighted by Gasteiger charge is -2.21. The highest BCUT2D eigenvalue weighted by molar-refractivity contribution is 14.0. The van der Waals surface area contributed by atoms with Gasteiger partial charge in [0.2, 0.25) is 0 Å². The molecule has 2 N–H and O–H groups in total. The molecule has 29 heavy (non-hydrogen) atoms. The second-order valence-corrected chi connectivity index (χ2v) is 11.4. The van der Waals surface area contributed by atoms with Crippen molar-refractivity contribution in [3.63, 3.8) is 0 Å². The molecule has 1 aliphatic heterocycles. The summed E-state index contributed by atoms with van der Waals surface area (Å²) >= 11 is 0. The van der Waals surface area contributed by atoms with Gasteiger partial charge in [-0.3, -0.25) is 9.89 Å². The fraction of sp³-hybridized carbons (Fsp3) is 0.667. The topological polar surface area (TPSA) is 73.8 Å². The molecule has 1 aromatic rings. The van der Waals surface area contributed by atoms with Gasteiger partial charge in [0.25, 0.3) is 0 Å². The van der Waals surface area contributed by atoms with Crippen molar-refractivity contribution in [3.05, 3.63) is 35.9 Å². The van der Waals surface area contributed by atoms with E-state index in [1.807, 2.05) is 13.0 Å². The maximum atomic E-state index is 12.3. The van der Waals surface area contributed by atoms with E-state index in [0.717, 1.165) is 26.1 Å². The maximum Gasteiger partial charge on any atom is 0.191 e. The Morgan fingerprint density at radius 3 is 2.48 bits per heavy atom. The van der Waals surface area contributed by atoms with Gasteiger partial charge in [-0.2, -0.15) is 0 Å². The van der Waals surface area contributed by atoms with E-state index < -0.39 is 14.6 Å². The van der Waals surface area contributed by atoms with Crippen molar-refractivity contribution >= 4 is 39.8 Å². The van der Waals surface area contributed by atoms with E-state index >= 15 is 0 Å². The van der Waals surface area contributed by atoms with Crippen molar-refractivity contribution in [2.45, 2.75) is 64.4 Å². The molecule has 0 bridgehead atoms. The molecule has 1 aromatic carbocycles. The lowest BCUT2D eigenvalue weighted by Crippen LogP contribution is -2.45. The molecule has 166 valence electrons. The summed E-state index contributed by atoms with van der Waals surface area (Å²) in [6, 6.07) is 11.3. The second kappa shape index (κ2) is 11.5. The zero-order valence-electron chi connectivity index (χ0n) is 18.3. The maximum absolute atomic E-state index is 12.3. The predicted octanol–water partition coefficient (Wildman–Crippen LogP) is 3.04. The molecule has 2 atom stereocenters. The largest absolute Gasteiger partial charge is 0.357 e. The zero-order chi connectivity index (χ0) is 20.8. The van der Waals surface area contributed by atoms with Crippen LogP contribution in [0.3, 0.4) is 0 Å². The highest BCUT2D eigenvalue weighted by Gasteiger charge is 2.30. The molecule has 0 amide bonds. The number of benzene rings is 1. The molecule has 2 unspecified atom stereocenters. The first-order chi connectivity index (χ1) is 13.1. The Hall–Kier alpha value is -0.870. The summed E-state index contributed by atoms with van der Waals surface area (Å²) in [4.78, 5) is 6.98. The van der Waals surface area contributed by atoms with Crippen LogP contribution in [0.1, 0.15) is 46.6 Å². The minimum atomic E-state index is -3.16. The van der Waals surface area contributed by atoms with Crippen molar-refractivity contribution < 1.29 is 8.42 Å². The number of guanidine groups is 1. The van der Waals surface area contributed by atoms with E-state index in [1.165, 1.54) is 5.56 Å². The first-order valence-corrected chi connectivity index (χ1v) is 11.8. The van der Waals surface area contributed by atoms with Gasteiger partial charge in [-0.25, -0.2) is 8.42 Å². The fourth-order valence-corrected chi connectivity index (χ4v) is 4.28. The van der Waals surface area contributed by atoms with E-state index in [1.54, 1.807) is 20.8 Å². The quantitative estimate of drug-likeness (QED) is 0.319. The van der Waals surface area contributed by atoms with Crippen molar-refractivity contribution in [1.82, 2.24) is 15.5 Å². The van der Waals surface area contributed by atoms with Crippen LogP contribution in [0.25, 0.3) is 0 Å². The van der Waals surface area contributed by atoms with Gasteiger partial charge < -0.3 is 10.6 Å². The minimum absolute atomic E-state index is 0. The van der Waals surface area contributed by atoms with Crippen LogP contribution in [-0.2, 0) is 16.4 Å². The summed E-state index contributed by atoms with van der Waals surface area (Å²) in [7, 11) is -3.16. The number of nitrogens with one attached hydrogen (secondary N) is 2. The molecule has 0 radical (unpaired) electrons. The van der Waals surface area contributed by atoms with Crippen molar-refractivity contribution in [1.29, 1.82) is 0 Å². The first-order valence-electron chi connectivity index (χ1n) is 10.2. The van der Waals surface area contributed by atoms with Crippen LogP contribution in [0.2, 0.25) is 0 Å². The Balaban J connectivity index is 0.00000420. The molecule has 0 aromatic heterocycles. The van der Waals surface area contributed by atoms with Crippen LogP contribution in [0.4, 0.5) is 0 Å². The number of hydrogen-bond acceptors (Lipinski definition) is 4. The molecular weight excluding hydrogens is 499 g/mol. The Kier molecular flexibility index (Phi) is 10.4. The van der Waals surface area contributed by atoms with Crippen molar-refractivity contribution in [3.8, 4) is 0 Å². The Morgan fingerprint density at radius 1 is 1.24 bits per heavy atom. The number of nitrogens with zero attached hydrogens (tertiary/aromatic N) is 2. The summed E-state index contributed by atoms with van der Waals surface area (Å²) in [5.74, 6) is 0.763. The minimum Gasteiger partial charge on any atom is -0.357 e. The van der Waals surface area contributed by atoms with Crippen LogP contribution in [0.5, 0.6) is 0 Å². The smallest absolute Gasteiger partial charge is 0.191 e. The molecule has 0 saturated carbocycles.